The Kier molecular flexibility index (Phi) is 4.71. The number of nitrogens with one attached hydrogen (secondary N) is 1. The standard InChI is InChI=1S/C10H13BrN2O2/c1-7(14)2-5-10(15)13-8-3-4-9(11)12-6-8/h3-4,6-7,14H,2,5H2,1H3,(H,13,15). The number of pyridine rings is 1. The van der Waals surface area contributed by atoms with Crippen LogP contribution in [0.25, 0.3) is 0 Å². The summed E-state index contributed by atoms with van der Waals surface area (Å²) in [6, 6.07) is 3.52. The van der Waals surface area contributed by atoms with Gasteiger partial charge in [-0.25, -0.2) is 4.98 Å². The van der Waals surface area contributed by atoms with Gasteiger partial charge in [0, 0.05) is 6.42 Å². The molecular formula is C10H13BrN2O2. The Hall–Kier alpha value is -0.940. The SMILES string of the molecule is CC(O)CCC(=O)Nc1ccc(Br)nc1. The third-order valence-electron chi connectivity index (χ3n) is 1.80. The zero-order valence-corrected chi connectivity index (χ0v) is 9.99. The lowest BCUT2D eigenvalue weighted by Crippen LogP contribution is -2.14. The Bertz CT molecular complexity index is 325. The van der Waals surface area contributed by atoms with Gasteiger partial charge in [0.05, 0.1) is 18.0 Å². The Balaban J connectivity index is 2.41. The fourth-order valence-corrected chi connectivity index (χ4v) is 1.25. The van der Waals surface area contributed by atoms with Crippen molar-refractivity contribution in [2.75, 3.05) is 5.32 Å². The van der Waals surface area contributed by atoms with Crippen molar-refractivity contribution in [2.24, 2.45) is 0 Å². The highest BCUT2D eigenvalue weighted by Gasteiger charge is 2.04. The van der Waals surface area contributed by atoms with Crippen LogP contribution in [0.5, 0.6) is 0 Å². The van der Waals surface area contributed by atoms with E-state index in [-0.39, 0.29) is 5.91 Å². The molecule has 0 saturated carbocycles. The van der Waals surface area contributed by atoms with E-state index in [0.29, 0.717) is 18.5 Å². The predicted octanol–water partition coefficient (Wildman–Crippen LogP) is 1.94. The van der Waals surface area contributed by atoms with Crippen LogP contribution in [-0.4, -0.2) is 22.1 Å². The van der Waals surface area contributed by atoms with Gasteiger partial charge in [-0.1, -0.05) is 0 Å². The molecule has 0 saturated heterocycles. The largest absolute Gasteiger partial charge is 0.393 e. The number of nitrogens with zero attached hydrogens (tertiary/aromatic N) is 1. The average Bonchev–Trinajstić information content (AvgIpc) is 2.19. The van der Waals surface area contributed by atoms with Gasteiger partial charge >= 0.3 is 0 Å². The summed E-state index contributed by atoms with van der Waals surface area (Å²) < 4.78 is 0.726. The maximum Gasteiger partial charge on any atom is 0.224 e. The number of hydrogen-bond donors (Lipinski definition) is 2. The molecule has 15 heavy (non-hydrogen) atoms. The molecule has 1 rings (SSSR count). The van der Waals surface area contributed by atoms with Crippen LogP contribution in [-0.2, 0) is 4.79 Å². The summed E-state index contributed by atoms with van der Waals surface area (Å²) in [6.45, 7) is 1.66. The van der Waals surface area contributed by atoms with E-state index in [4.69, 9.17) is 5.11 Å². The molecule has 0 aromatic carbocycles. The van der Waals surface area contributed by atoms with E-state index in [1.807, 2.05) is 0 Å². The number of anilines is 1. The van der Waals surface area contributed by atoms with Crippen molar-refractivity contribution in [3.8, 4) is 0 Å². The van der Waals surface area contributed by atoms with E-state index in [9.17, 15) is 4.79 Å². The first-order chi connectivity index (χ1) is 7.08. The minimum Gasteiger partial charge on any atom is -0.393 e. The lowest BCUT2D eigenvalue weighted by molar-refractivity contribution is -0.116. The highest BCUT2D eigenvalue weighted by atomic mass is 79.9. The van der Waals surface area contributed by atoms with Gasteiger partial charge in [-0.3, -0.25) is 4.79 Å². The zero-order valence-electron chi connectivity index (χ0n) is 8.40. The molecule has 82 valence electrons. The van der Waals surface area contributed by atoms with Gasteiger partial charge in [0.15, 0.2) is 0 Å². The van der Waals surface area contributed by atoms with Crippen LogP contribution < -0.4 is 5.32 Å². The first-order valence-electron chi connectivity index (χ1n) is 4.67. The third-order valence-corrected chi connectivity index (χ3v) is 2.27. The number of hydrogen-bond acceptors (Lipinski definition) is 3. The molecule has 0 fully saturated rings. The smallest absolute Gasteiger partial charge is 0.224 e. The molecule has 0 aliphatic heterocycles. The summed E-state index contributed by atoms with van der Waals surface area (Å²) in [5.41, 5.74) is 0.661. The van der Waals surface area contributed by atoms with Gasteiger partial charge in [0.25, 0.3) is 0 Å². The van der Waals surface area contributed by atoms with Gasteiger partial charge in [0.2, 0.25) is 5.91 Å². The molecule has 1 aromatic rings. The summed E-state index contributed by atoms with van der Waals surface area (Å²) in [7, 11) is 0. The molecule has 4 nitrogen and oxygen atoms in total. The Labute approximate surface area is 96.8 Å². The van der Waals surface area contributed by atoms with Crippen LogP contribution in [0.1, 0.15) is 19.8 Å². The average molecular weight is 273 g/mol. The molecule has 0 aliphatic rings. The van der Waals surface area contributed by atoms with Crippen LogP contribution in [0, 0.1) is 0 Å². The van der Waals surface area contributed by atoms with Crippen molar-refractivity contribution < 1.29 is 9.90 Å². The second-order valence-corrected chi connectivity index (χ2v) is 4.12. The molecule has 0 aliphatic carbocycles. The highest BCUT2D eigenvalue weighted by molar-refractivity contribution is 9.10. The summed E-state index contributed by atoms with van der Waals surface area (Å²) in [6.07, 6.45) is 1.91. The van der Waals surface area contributed by atoms with Crippen molar-refractivity contribution in [3.05, 3.63) is 22.9 Å². The third kappa shape index (κ3) is 4.90. The number of aliphatic hydroxyl groups excluding tert-OH is 1. The van der Waals surface area contributed by atoms with Crippen molar-refractivity contribution >= 4 is 27.5 Å². The molecule has 0 spiro atoms. The van der Waals surface area contributed by atoms with Crippen LogP contribution in [0.4, 0.5) is 5.69 Å². The molecule has 1 amide bonds. The number of carbonyl (C=O) groups is 1. The van der Waals surface area contributed by atoms with Crippen LogP contribution >= 0.6 is 15.9 Å². The normalized spacial score (nSPS) is 12.2. The Morgan fingerprint density at radius 3 is 2.93 bits per heavy atom. The highest BCUT2D eigenvalue weighted by Crippen LogP contribution is 2.11. The van der Waals surface area contributed by atoms with Crippen LogP contribution in [0.2, 0.25) is 0 Å². The zero-order chi connectivity index (χ0) is 11.3. The van der Waals surface area contributed by atoms with Gasteiger partial charge in [-0.15, -0.1) is 0 Å². The molecule has 5 heteroatoms. The van der Waals surface area contributed by atoms with E-state index in [1.165, 1.54) is 0 Å². The van der Waals surface area contributed by atoms with E-state index in [2.05, 4.69) is 26.2 Å². The van der Waals surface area contributed by atoms with E-state index in [0.717, 1.165) is 4.60 Å². The van der Waals surface area contributed by atoms with Crippen molar-refractivity contribution in [1.29, 1.82) is 0 Å². The molecular weight excluding hydrogens is 260 g/mol. The number of aromatic nitrogens is 1. The molecule has 1 heterocycles. The quantitative estimate of drug-likeness (QED) is 0.824. The maximum absolute atomic E-state index is 11.3. The fraction of sp³-hybridized carbons (Fsp3) is 0.400. The summed E-state index contributed by atoms with van der Waals surface area (Å²) in [5, 5.41) is 11.7. The molecule has 0 bridgehead atoms. The summed E-state index contributed by atoms with van der Waals surface area (Å²) >= 11 is 3.20. The minimum absolute atomic E-state index is 0.111. The lowest BCUT2D eigenvalue weighted by atomic mass is 10.2. The fourth-order valence-electron chi connectivity index (χ4n) is 1.01. The van der Waals surface area contributed by atoms with Gasteiger partial charge < -0.3 is 10.4 Å². The number of carbonyl (C=O) groups excluding carboxylic acids is 1. The van der Waals surface area contributed by atoms with E-state index >= 15 is 0 Å². The topological polar surface area (TPSA) is 62.2 Å². The second-order valence-electron chi connectivity index (χ2n) is 3.31. The van der Waals surface area contributed by atoms with E-state index < -0.39 is 6.10 Å². The minimum atomic E-state index is -0.446. The second kappa shape index (κ2) is 5.82. The maximum atomic E-state index is 11.3. The molecule has 1 atom stereocenters. The van der Waals surface area contributed by atoms with Gasteiger partial charge in [-0.05, 0) is 41.4 Å². The van der Waals surface area contributed by atoms with Crippen molar-refractivity contribution in [3.63, 3.8) is 0 Å². The predicted molar refractivity (Wildman–Crippen MR) is 61.5 cm³/mol. The summed E-state index contributed by atoms with van der Waals surface area (Å²) in [5.74, 6) is -0.111. The van der Waals surface area contributed by atoms with Crippen molar-refractivity contribution in [2.45, 2.75) is 25.9 Å². The summed E-state index contributed by atoms with van der Waals surface area (Å²) in [4.78, 5) is 15.3. The van der Waals surface area contributed by atoms with Crippen LogP contribution in [0.15, 0.2) is 22.9 Å². The van der Waals surface area contributed by atoms with Crippen molar-refractivity contribution in [1.82, 2.24) is 4.98 Å². The number of amides is 1. The number of halogens is 1. The molecule has 0 radical (unpaired) electrons. The van der Waals surface area contributed by atoms with Crippen LogP contribution in [0.3, 0.4) is 0 Å². The molecule has 2 N–H and O–H groups in total. The number of aliphatic hydroxyl groups is 1. The van der Waals surface area contributed by atoms with Gasteiger partial charge in [-0.2, -0.15) is 0 Å². The monoisotopic (exact) mass is 272 g/mol. The first-order valence-corrected chi connectivity index (χ1v) is 5.46. The molecule has 1 aromatic heterocycles. The van der Waals surface area contributed by atoms with Gasteiger partial charge in [0.1, 0.15) is 4.60 Å². The lowest BCUT2D eigenvalue weighted by Gasteiger charge is -2.05. The number of rotatable bonds is 4. The Morgan fingerprint density at radius 1 is 1.67 bits per heavy atom. The Morgan fingerprint density at radius 2 is 2.40 bits per heavy atom. The van der Waals surface area contributed by atoms with E-state index in [1.54, 1.807) is 25.3 Å². The first kappa shape index (κ1) is 12.1. The molecule has 1 unspecified atom stereocenters.